The molecule has 1 aromatic rings. The van der Waals surface area contributed by atoms with Crippen molar-refractivity contribution in [1.29, 1.82) is 0 Å². The Balaban J connectivity index is 1.96. The molecule has 1 heterocycles. The van der Waals surface area contributed by atoms with Crippen molar-refractivity contribution in [2.45, 2.75) is 30.6 Å². The maximum absolute atomic E-state index is 9.97. The van der Waals surface area contributed by atoms with Gasteiger partial charge in [-0.1, -0.05) is 18.2 Å². The van der Waals surface area contributed by atoms with Crippen molar-refractivity contribution in [3.63, 3.8) is 0 Å². The molecule has 5 unspecified atom stereocenters. The molecule has 0 bridgehead atoms. The second-order valence-corrected chi connectivity index (χ2v) is 5.13. The van der Waals surface area contributed by atoms with E-state index in [1.54, 1.807) is 12.1 Å². The fraction of sp³-hybridized carbons (Fsp3) is 0.462. The molecule has 7 nitrogen and oxygen atoms in total. The van der Waals surface area contributed by atoms with Crippen LogP contribution in [0.5, 0.6) is 0 Å². The molecule has 1 aromatic carbocycles. The predicted octanol–water partition coefficient (Wildman–Crippen LogP) is -1.23. The topological polar surface area (TPSA) is 114 Å². The second kappa shape index (κ2) is 7.12. The SMILES string of the molecule is OCC1OC(O)C(NC(=S)Nc2ccccc2)C(O)C1O. The summed E-state index contributed by atoms with van der Waals surface area (Å²) in [7, 11) is 0. The van der Waals surface area contributed by atoms with E-state index in [1.807, 2.05) is 18.2 Å². The number of anilines is 1. The molecule has 0 saturated carbocycles. The fourth-order valence-corrected chi connectivity index (χ4v) is 2.35. The van der Waals surface area contributed by atoms with Crippen LogP contribution in [-0.4, -0.2) is 62.8 Å². The Bertz CT molecular complexity index is 475. The first-order valence-corrected chi connectivity index (χ1v) is 6.87. The summed E-state index contributed by atoms with van der Waals surface area (Å²) in [6, 6.07) is 8.10. The smallest absolute Gasteiger partial charge is 0.178 e. The summed E-state index contributed by atoms with van der Waals surface area (Å²) in [5.74, 6) is 0. The van der Waals surface area contributed by atoms with Gasteiger partial charge in [-0.2, -0.15) is 0 Å². The molecular formula is C13H18N2O5S. The first-order valence-electron chi connectivity index (χ1n) is 6.46. The molecule has 1 aliphatic heterocycles. The van der Waals surface area contributed by atoms with Gasteiger partial charge in [-0.05, 0) is 24.4 Å². The molecule has 0 spiro atoms. The summed E-state index contributed by atoms with van der Waals surface area (Å²) in [5.41, 5.74) is 0.740. The minimum Gasteiger partial charge on any atom is -0.394 e. The number of para-hydroxylation sites is 1. The van der Waals surface area contributed by atoms with Gasteiger partial charge in [0.2, 0.25) is 0 Å². The zero-order valence-corrected chi connectivity index (χ0v) is 11.9. The molecule has 0 amide bonds. The lowest BCUT2D eigenvalue weighted by Gasteiger charge is -2.40. The Morgan fingerprint density at radius 1 is 1.14 bits per heavy atom. The molecule has 2 rings (SSSR count). The maximum atomic E-state index is 9.97. The van der Waals surface area contributed by atoms with Crippen molar-refractivity contribution in [2.75, 3.05) is 11.9 Å². The molecule has 5 atom stereocenters. The van der Waals surface area contributed by atoms with Crippen LogP contribution in [0.15, 0.2) is 30.3 Å². The number of hydrogen-bond acceptors (Lipinski definition) is 6. The van der Waals surface area contributed by atoms with E-state index >= 15 is 0 Å². The first-order chi connectivity index (χ1) is 10.0. The summed E-state index contributed by atoms with van der Waals surface area (Å²) in [6.45, 7) is -0.505. The monoisotopic (exact) mass is 314 g/mol. The van der Waals surface area contributed by atoms with Gasteiger partial charge in [0.15, 0.2) is 11.4 Å². The van der Waals surface area contributed by atoms with Gasteiger partial charge in [-0.15, -0.1) is 0 Å². The van der Waals surface area contributed by atoms with Gasteiger partial charge < -0.3 is 35.8 Å². The molecular weight excluding hydrogens is 296 g/mol. The minimum absolute atomic E-state index is 0.169. The zero-order chi connectivity index (χ0) is 15.4. The van der Waals surface area contributed by atoms with Crippen molar-refractivity contribution < 1.29 is 25.2 Å². The number of aliphatic hydroxyl groups excluding tert-OH is 4. The Hall–Kier alpha value is -1.29. The third-order valence-electron chi connectivity index (χ3n) is 3.23. The van der Waals surface area contributed by atoms with Crippen LogP contribution in [0.3, 0.4) is 0 Å². The van der Waals surface area contributed by atoms with Gasteiger partial charge in [0.05, 0.1) is 6.61 Å². The minimum atomic E-state index is -1.41. The average Bonchev–Trinajstić information content (AvgIpc) is 2.48. The summed E-state index contributed by atoms with van der Waals surface area (Å²) in [4.78, 5) is 0. The summed E-state index contributed by atoms with van der Waals surface area (Å²) in [5, 5.41) is 44.3. The van der Waals surface area contributed by atoms with Crippen LogP contribution in [0.1, 0.15) is 0 Å². The standard InChI is InChI=1S/C13H18N2O5S/c16-6-8-10(17)11(18)9(12(19)20-8)15-13(21)14-7-4-2-1-3-5-7/h1-5,8-12,16-19H,6H2,(H2,14,15,21). The molecule has 116 valence electrons. The highest BCUT2D eigenvalue weighted by molar-refractivity contribution is 7.80. The summed E-state index contributed by atoms with van der Waals surface area (Å²) in [6.07, 6.45) is -5.10. The lowest BCUT2D eigenvalue weighted by molar-refractivity contribution is -0.251. The zero-order valence-electron chi connectivity index (χ0n) is 11.1. The number of aliphatic hydroxyl groups is 4. The largest absolute Gasteiger partial charge is 0.394 e. The second-order valence-electron chi connectivity index (χ2n) is 4.72. The van der Waals surface area contributed by atoms with Crippen molar-refractivity contribution >= 4 is 23.0 Å². The van der Waals surface area contributed by atoms with Gasteiger partial charge in [0.1, 0.15) is 24.4 Å². The summed E-state index contributed by atoms with van der Waals surface area (Å²) < 4.78 is 5.03. The molecule has 1 saturated heterocycles. The third kappa shape index (κ3) is 3.88. The highest BCUT2D eigenvalue weighted by atomic mass is 32.1. The van der Waals surface area contributed by atoms with E-state index in [-0.39, 0.29) is 5.11 Å². The number of benzene rings is 1. The Morgan fingerprint density at radius 2 is 1.81 bits per heavy atom. The molecule has 6 N–H and O–H groups in total. The van der Waals surface area contributed by atoms with Crippen LogP contribution in [0.2, 0.25) is 0 Å². The van der Waals surface area contributed by atoms with Gasteiger partial charge in [0, 0.05) is 5.69 Å². The number of thiocarbonyl (C=S) groups is 1. The fourth-order valence-electron chi connectivity index (χ4n) is 2.09. The quantitative estimate of drug-likeness (QED) is 0.385. The van der Waals surface area contributed by atoms with Crippen LogP contribution in [0.4, 0.5) is 5.69 Å². The highest BCUT2D eigenvalue weighted by Crippen LogP contribution is 2.19. The molecule has 0 radical (unpaired) electrons. The van der Waals surface area contributed by atoms with Gasteiger partial charge in [-0.25, -0.2) is 0 Å². The van der Waals surface area contributed by atoms with E-state index in [0.29, 0.717) is 0 Å². The van der Waals surface area contributed by atoms with Crippen molar-refractivity contribution in [3.05, 3.63) is 30.3 Å². The van der Waals surface area contributed by atoms with Gasteiger partial charge >= 0.3 is 0 Å². The predicted molar refractivity (Wildman–Crippen MR) is 79.6 cm³/mol. The van der Waals surface area contributed by atoms with Crippen LogP contribution >= 0.6 is 12.2 Å². The molecule has 0 aromatic heterocycles. The number of rotatable bonds is 3. The van der Waals surface area contributed by atoms with Gasteiger partial charge in [-0.3, -0.25) is 0 Å². The first kappa shape index (κ1) is 16.1. The number of nitrogens with one attached hydrogen (secondary N) is 2. The van der Waals surface area contributed by atoms with Crippen LogP contribution in [-0.2, 0) is 4.74 Å². The lowest BCUT2D eigenvalue weighted by Crippen LogP contribution is -2.64. The summed E-state index contributed by atoms with van der Waals surface area (Å²) >= 11 is 5.09. The molecule has 1 fully saturated rings. The van der Waals surface area contributed by atoms with E-state index in [9.17, 15) is 15.3 Å². The van der Waals surface area contributed by atoms with Crippen LogP contribution < -0.4 is 10.6 Å². The van der Waals surface area contributed by atoms with Crippen LogP contribution in [0, 0.1) is 0 Å². The third-order valence-corrected chi connectivity index (χ3v) is 3.45. The van der Waals surface area contributed by atoms with Gasteiger partial charge in [0.25, 0.3) is 0 Å². The van der Waals surface area contributed by atoms with Crippen molar-refractivity contribution in [1.82, 2.24) is 5.32 Å². The van der Waals surface area contributed by atoms with E-state index in [2.05, 4.69) is 10.6 Å². The van der Waals surface area contributed by atoms with E-state index in [0.717, 1.165) is 5.69 Å². The molecule has 0 aliphatic carbocycles. The molecule has 8 heteroatoms. The van der Waals surface area contributed by atoms with E-state index in [1.165, 1.54) is 0 Å². The highest BCUT2D eigenvalue weighted by Gasteiger charge is 2.43. The van der Waals surface area contributed by atoms with Crippen molar-refractivity contribution in [2.24, 2.45) is 0 Å². The normalized spacial score (nSPS) is 32.5. The molecule has 1 aliphatic rings. The number of ether oxygens (including phenoxy) is 1. The van der Waals surface area contributed by atoms with Crippen molar-refractivity contribution in [3.8, 4) is 0 Å². The average molecular weight is 314 g/mol. The van der Waals surface area contributed by atoms with E-state index in [4.69, 9.17) is 22.1 Å². The Labute approximate surface area is 127 Å². The Kier molecular flexibility index (Phi) is 5.45. The van der Waals surface area contributed by atoms with Crippen LogP contribution in [0.25, 0.3) is 0 Å². The van der Waals surface area contributed by atoms with E-state index < -0.39 is 37.3 Å². The Morgan fingerprint density at radius 3 is 2.43 bits per heavy atom. The molecule has 21 heavy (non-hydrogen) atoms. The number of hydrogen-bond donors (Lipinski definition) is 6. The maximum Gasteiger partial charge on any atom is 0.178 e. The lowest BCUT2D eigenvalue weighted by atomic mass is 9.97.